The number of amides is 1. The Hall–Kier alpha value is -3.25. The van der Waals surface area contributed by atoms with Crippen LogP contribution in [0.5, 0.6) is 0 Å². The summed E-state index contributed by atoms with van der Waals surface area (Å²) in [6, 6.07) is 3.76. The van der Waals surface area contributed by atoms with Crippen molar-refractivity contribution < 1.29 is 37.1 Å². The molecular weight excluding hydrogens is 514 g/mol. The number of benzene rings is 1. The van der Waals surface area contributed by atoms with Crippen molar-refractivity contribution in [3.05, 3.63) is 68.7 Å². The van der Waals surface area contributed by atoms with Gasteiger partial charge in [-0.05, 0) is 23.8 Å². The number of alkyl halides is 3. The fourth-order valence-electron chi connectivity index (χ4n) is 3.18. The molecule has 0 spiro atoms. The zero-order valence-corrected chi connectivity index (χ0v) is 19.8. The molecule has 3 aromatic rings. The number of rotatable bonds is 8. The van der Waals surface area contributed by atoms with Crippen LogP contribution < -0.4 is 5.32 Å². The van der Waals surface area contributed by atoms with E-state index in [2.05, 4.69) is 10.3 Å². The van der Waals surface area contributed by atoms with Crippen LogP contribution in [-0.4, -0.2) is 32.3 Å². The van der Waals surface area contributed by atoms with Crippen molar-refractivity contribution in [1.29, 1.82) is 0 Å². The number of carbonyl (C=O) groups excluding carboxylic acids is 2. The number of aliphatic carboxylic acids is 1. The number of nitrogens with zero attached hydrogens (tertiary/aromatic N) is 2. The number of carboxylic acid groups (broad SMARTS) is 1. The topological polar surface area (TPSA) is 101 Å². The van der Waals surface area contributed by atoms with Crippen molar-refractivity contribution in [3.8, 4) is 0 Å². The molecule has 13 heteroatoms. The highest BCUT2D eigenvalue weighted by molar-refractivity contribution is 7.19. The van der Waals surface area contributed by atoms with Gasteiger partial charge in [0.05, 0.1) is 17.7 Å². The number of aromatic nitrogens is 2. The maximum atomic E-state index is 13.7. The number of halogens is 5. The van der Waals surface area contributed by atoms with Crippen LogP contribution in [0.4, 0.5) is 22.7 Å². The summed E-state index contributed by atoms with van der Waals surface area (Å²) in [5, 5.41) is 11.4. The van der Waals surface area contributed by atoms with Crippen molar-refractivity contribution >= 4 is 45.7 Å². The molecular formula is C22H18ClF4N3O4S. The summed E-state index contributed by atoms with van der Waals surface area (Å²) in [4.78, 5) is 40.4. The van der Waals surface area contributed by atoms with Crippen LogP contribution in [0.25, 0.3) is 0 Å². The van der Waals surface area contributed by atoms with Crippen LogP contribution in [0.3, 0.4) is 0 Å². The Bertz CT molecular complexity index is 1300. The highest BCUT2D eigenvalue weighted by atomic mass is 35.5. The number of ketones is 1. The first-order chi connectivity index (χ1) is 16.3. The zero-order valence-electron chi connectivity index (χ0n) is 18.2. The van der Waals surface area contributed by atoms with E-state index in [1.807, 2.05) is 0 Å². The Kier molecular flexibility index (Phi) is 7.65. The van der Waals surface area contributed by atoms with Crippen molar-refractivity contribution in [1.82, 2.24) is 9.55 Å². The van der Waals surface area contributed by atoms with Crippen LogP contribution in [0.2, 0.25) is 4.34 Å². The third-order valence-electron chi connectivity index (χ3n) is 4.82. The quantitative estimate of drug-likeness (QED) is 0.294. The minimum Gasteiger partial charge on any atom is -0.481 e. The molecule has 1 aromatic carbocycles. The monoisotopic (exact) mass is 531 g/mol. The molecule has 0 aliphatic carbocycles. The van der Waals surface area contributed by atoms with E-state index in [1.54, 1.807) is 13.8 Å². The molecule has 0 atom stereocenters. The number of carboxylic acids is 1. The third kappa shape index (κ3) is 6.25. The molecule has 2 N–H and O–H groups in total. The molecule has 0 radical (unpaired) electrons. The molecule has 0 aliphatic rings. The van der Waals surface area contributed by atoms with Gasteiger partial charge in [-0.25, -0.2) is 9.37 Å². The lowest BCUT2D eigenvalue weighted by Crippen LogP contribution is -2.17. The summed E-state index contributed by atoms with van der Waals surface area (Å²) in [6.07, 6.45) is -4.03. The Morgan fingerprint density at radius 2 is 1.91 bits per heavy atom. The number of carbonyl (C=O) groups is 3. The number of thiazole rings is 1. The second-order valence-electron chi connectivity index (χ2n) is 7.84. The van der Waals surface area contributed by atoms with Crippen molar-refractivity contribution in [2.75, 3.05) is 5.32 Å². The summed E-state index contributed by atoms with van der Waals surface area (Å²) < 4.78 is 54.4. The van der Waals surface area contributed by atoms with E-state index in [-0.39, 0.29) is 44.3 Å². The van der Waals surface area contributed by atoms with Gasteiger partial charge in [-0.3, -0.25) is 19.7 Å². The lowest BCUT2D eigenvalue weighted by molar-refractivity contribution is -0.140. The predicted molar refractivity (Wildman–Crippen MR) is 121 cm³/mol. The summed E-state index contributed by atoms with van der Waals surface area (Å²) in [5.41, 5.74) is -1.26. The molecule has 2 aromatic heterocycles. The number of Topliss-reactive ketones (excluding diaryl/α,β-unsaturated/α-hetero) is 1. The van der Waals surface area contributed by atoms with Gasteiger partial charge in [0.2, 0.25) is 0 Å². The van der Waals surface area contributed by atoms with Gasteiger partial charge in [0.25, 0.3) is 5.91 Å². The lowest BCUT2D eigenvalue weighted by atomic mass is 10.0. The van der Waals surface area contributed by atoms with E-state index in [0.717, 1.165) is 17.4 Å². The molecule has 0 saturated heterocycles. The molecule has 1 amide bonds. The number of hydrogen-bond acceptors (Lipinski definition) is 5. The second kappa shape index (κ2) is 10.2. The van der Waals surface area contributed by atoms with Crippen LogP contribution >= 0.6 is 22.9 Å². The van der Waals surface area contributed by atoms with E-state index in [4.69, 9.17) is 16.7 Å². The molecule has 0 fully saturated rings. The Morgan fingerprint density at radius 3 is 2.51 bits per heavy atom. The largest absolute Gasteiger partial charge is 0.481 e. The van der Waals surface area contributed by atoms with Gasteiger partial charge in [0, 0.05) is 24.2 Å². The highest BCUT2D eigenvalue weighted by Crippen LogP contribution is 2.32. The van der Waals surface area contributed by atoms with Gasteiger partial charge < -0.3 is 9.67 Å². The smallest absolute Gasteiger partial charge is 0.419 e. The molecule has 3 rings (SSSR count). The summed E-state index contributed by atoms with van der Waals surface area (Å²) in [7, 11) is 0. The minimum absolute atomic E-state index is 0.00174. The zero-order chi connectivity index (χ0) is 26.1. The first-order valence-corrected chi connectivity index (χ1v) is 11.2. The van der Waals surface area contributed by atoms with Gasteiger partial charge >= 0.3 is 12.1 Å². The van der Waals surface area contributed by atoms with Crippen LogP contribution in [0.15, 0.2) is 30.5 Å². The molecule has 186 valence electrons. The molecule has 0 unspecified atom stereocenters. The van der Waals surface area contributed by atoms with Crippen molar-refractivity contribution in [2.24, 2.45) is 5.92 Å². The van der Waals surface area contributed by atoms with E-state index in [9.17, 15) is 31.9 Å². The maximum Gasteiger partial charge on any atom is 0.419 e. The maximum absolute atomic E-state index is 13.7. The normalized spacial score (nSPS) is 11.7. The third-order valence-corrected chi connectivity index (χ3v) is 6.07. The lowest BCUT2D eigenvalue weighted by Gasteiger charge is -2.12. The standard InChI is InChI=1S/C22H18ClF4N3O4S/c1-10(2)18(33)12-6-16(20(34)29-21-28-15(7-17(31)32)19(23)35-21)30(9-12)8-11-3-4-14(24)13(5-11)22(25,26)27/h3-6,9-10H,7-8H2,1-2H3,(H,31,32)(H,28,29,34). The predicted octanol–water partition coefficient (Wildman–Crippen LogP) is 5.52. The average Bonchev–Trinajstić information content (AvgIpc) is 3.30. The fraction of sp³-hybridized carbons (Fsp3) is 0.273. The van der Waals surface area contributed by atoms with E-state index in [0.29, 0.717) is 12.1 Å². The van der Waals surface area contributed by atoms with Gasteiger partial charge in [0.1, 0.15) is 15.8 Å². The molecule has 0 bridgehead atoms. The van der Waals surface area contributed by atoms with Gasteiger partial charge in [-0.15, -0.1) is 0 Å². The average molecular weight is 532 g/mol. The number of anilines is 1. The second-order valence-corrected chi connectivity index (χ2v) is 9.44. The summed E-state index contributed by atoms with van der Waals surface area (Å²) in [6.45, 7) is 3.04. The van der Waals surface area contributed by atoms with E-state index < -0.39 is 41.8 Å². The van der Waals surface area contributed by atoms with Crippen LogP contribution in [0.1, 0.15) is 51.5 Å². The Balaban J connectivity index is 1.96. The molecule has 2 heterocycles. The van der Waals surface area contributed by atoms with Gasteiger partial charge in [-0.2, -0.15) is 13.2 Å². The minimum atomic E-state index is -4.91. The van der Waals surface area contributed by atoms with Gasteiger partial charge in [0.15, 0.2) is 10.9 Å². The molecule has 7 nitrogen and oxygen atoms in total. The summed E-state index contributed by atoms with van der Waals surface area (Å²) in [5.74, 6) is -4.06. The Morgan fingerprint density at radius 1 is 1.23 bits per heavy atom. The summed E-state index contributed by atoms with van der Waals surface area (Å²) >= 11 is 6.80. The van der Waals surface area contributed by atoms with Crippen LogP contribution in [0, 0.1) is 11.7 Å². The highest BCUT2D eigenvalue weighted by Gasteiger charge is 2.34. The van der Waals surface area contributed by atoms with Crippen molar-refractivity contribution in [3.63, 3.8) is 0 Å². The van der Waals surface area contributed by atoms with E-state index >= 15 is 0 Å². The number of nitrogens with one attached hydrogen (secondary N) is 1. The van der Waals surface area contributed by atoms with Crippen molar-refractivity contribution in [2.45, 2.75) is 33.0 Å². The molecule has 35 heavy (non-hydrogen) atoms. The van der Waals surface area contributed by atoms with E-state index in [1.165, 1.54) is 16.8 Å². The van der Waals surface area contributed by atoms with Crippen LogP contribution in [-0.2, 0) is 23.9 Å². The SMILES string of the molecule is CC(C)C(=O)c1cc(C(=O)Nc2nc(CC(=O)O)c(Cl)s2)n(Cc2ccc(F)c(C(F)(F)F)c2)c1. The molecule has 0 saturated carbocycles. The fourth-order valence-corrected chi connectivity index (χ4v) is 4.22. The number of hydrogen-bond donors (Lipinski definition) is 2. The Labute approximate surface area is 205 Å². The first kappa shape index (κ1) is 26.4. The van der Waals surface area contributed by atoms with Gasteiger partial charge in [-0.1, -0.05) is 42.9 Å². The molecule has 0 aliphatic heterocycles. The first-order valence-electron chi connectivity index (χ1n) is 10.0.